The smallest absolute Gasteiger partial charge is 0.253 e. The zero-order valence-electron chi connectivity index (χ0n) is 13.7. The Kier molecular flexibility index (Phi) is 4.62. The summed E-state index contributed by atoms with van der Waals surface area (Å²) in [4.78, 5) is 13.6. The monoisotopic (exact) mass is 370 g/mol. The lowest BCUT2D eigenvalue weighted by Gasteiger charge is -2.19. The predicted octanol–water partition coefficient (Wildman–Crippen LogP) is 4.48. The van der Waals surface area contributed by atoms with E-state index in [1.807, 2.05) is 12.1 Å². The molecule has 3 aromatic rings. The van der Waals surface area contributed by atoms with Crippen LogP contribution in [-0.2, 0) is 4.79 Å². The van der Waals surface area contributed by atoms with Gasteiger partial charge in [-0.2, -0.15) is 5.10 Å². The number of amides is 1. The molecule has 4 rings (SSSR count). The molecule has 0 aliphatic carbocycles. The summed E-state index contributed by atoms with van der Waals surface area (Å²) in [5, 5.41) is 5.92. The van der Waals surface area contributed by atoms with E-state index in [1.54, 1.807) is 36.8 Å². The number of hydrogen-bond donors (Lipinski definition) is 0. The van der Waals surface area contributed by atoms with Crippen LogP contribution in [0.5, 0.6) is 0 Å². The van der Waals surface area contributed by atoms with E-state index in [1.165, 1.54) is 28.9 Å². The number of halogens is 1. The van der Waals surface area contributed by atoms with Gasteiger partial charge in [-0.15, -0.1) is 11.8 Å². The third kappa shape index (κ3) is 3.43. The van der Waals surface area contributed by atoms with Gasteiger partial charge >= 0.3 is 0 Å². The molecule has 132 valence electrons. The van der Waals surface area contributed by atoms with E-state index in [4.69, 9.17) is 8.83 Å². The Labute approximate surface area is 153 Å². The SMILES string of the molecule is O=C(CSc1ccc(F)cc1)N1N=C(c2ccco2)CC1c1ccco1. The van der Waals surface area contributed by atoms with E-state index in [0.29, 0.717) is 23.7 Å². The van der Waals surface area contributed by atoms with Gasteiger partial charge in [-0.05, 0) is 48.5 Å². The molecule has 7 heteroatoms. The van der Waals surface area contributed by atoms with Crippen LogP contribution in [0.3, 0.4) is 0 Å². The van der Waals surface area contributed by atoms with Crippen LogP contribution in [0.4, 0.5) is 4.39 Å². The predicted molar refractivity (Wildman–Crippen MR) is 95.3 cm³/mol. The van der Waals surface area contributed by atoms with Crippen molar-refractivity contribution in [2.45, 2.75) is 17.4 Å². The largest absolute Gasteiger partial charge is 0.467 e. The highest BCUT2D eigenvalue weighted by atomic mass is 32.2. The standard InChI is InChI=1S/C19H15FN2O3S/c20-13-5-7-14(8-6-13)26-12-19(23)22-16(18-4-2-10-25-18)11-15(21-22)17-3-1-9-24-17/h1-10,16H,11-12H2. The highest BCUT2D eigenvalue weighted by molar-refractivity contribution is 8.00. The highest BCUT2D eigenvalue weighted by Gasteiger charge is 2.35. The fraction of sp³-hybridized carbons (Fsp3) is 0.158. The Bertz CT molecular complexity index is 905. The van der Waals surface area contributed by atoms with E-state index in [-0.39, 0.29) is 23.5 Å². The first-order valence-corrected chi connectivity index (χ1v) is 9.04. The Morgan fingerprint density at radius 3 is 2.62 bits per heavy atom. The van der Waals surface area contributed by atoms with Crippen LogP contribution in [0.1, 0.15) is 24.0 Å². The minimum absolute atomic E-state index is 0.151. The number of hydrogen-bond acceptors (Lipinski definition) is 5. The average molecular weight is 370 g/mol. The summed E-state index contributed by atoms with van der Waals surface area (Å²) in [7, 11) is 0. The summed E-state index contributed by atoms with van der Waals surface area (Å²) in [5.41, 5.74) is 0.705. The van der Waals surface area contributed by atoms with Gasteiger partial charge in [0.25, 0.3) is 5.91 Å². The second-order valence-corrected chi connectivity index (χ2v) is 6.79. The van der Waals surface area contributed by atoms with Gasteiger partial charge in [-0.1, -0.05) is 0 Å². The molecule has 1 aliphatic rings. The van der Waals surface area contributed by atoms with Crippen molar-refractivity contribution in [2.24, 2.45) is 5.10 Å². The molecule has 3 heterocycles. The molecule has 0 saturated heterocycles. The van der Waals surface area contributed by atoms with E-state index in [0.717, 1.165) is 4.90 Å². The Morgan fingerprint density at radius 2 is 1.92 bits per heavy atom. The second-order valence-electron chi connectivity index (χ2n) is 5.74. The Hall–Kier alpha value is -2.80. The summed E-state index contributed by atoms with van der Waals surface area (Å²) in [6, 6.07) is 13.0. The van der Waals surface area contributed by atoms with Crippen LogP contribution in [0.25, 0.3) is 0 Å². The van der Waals surface area contributed by atoms with Crippen LogP contribution < -0.4 is 0 Å². The maximum absolute atomic E-state index is 13.0. The second kappa shape index (κ2) is 7.21. The molecule has 1 atom stereocenters. The maximum Gasteiger partial charge on any atom is 0.253 e. The molecule has 1 unspecified atom stereocenters. The molecule has 1 aromatic carbocycles. The number of thioether (sulfide) groups is 1. The van der Waals surface area contributed by atoms with Gasteiger partial charge in [0.05, 0.1) is 18.3 Å². The topological polar surface area (TPSA) is 59.0 Å². The Morgan fingerprint density at radius 1 is 1.15 bits per heavy atom. The normalized spacial score (nSPS) is 16.7. The highest BCUT2D eigenvalue weighted by Crippen LogP contribution is 2.34. The summed E-state index contributed by atoms with van der Waals surface area (Å²) in [6.45, 7) is 0. The lowest BCUT2D eigenvalue weighted by molar-refractivity contribution is -0.130. The fourth-order valence-electron chi connectivity index (χ4n) is 2.78. The first-order valence-electron chi connectivity index (χ1n) is 8.06. The minimum atomic E-state index is -0.300. The van der Waals surface area contributed by atoms with Gasteiger partial charge in [0.15, 0.2) is 0 Å². The van der Waals surface area contributed by atoms with Crippen LogP contribution in [0, 0.1) is 5.82 Å². The van der Waals surface area contributed by atoms with Crippen LogP contribution in [0.2, 0.25) is 0 Å². The fourth-order valence-corrected chi connectivity index (χ4v) is 3.53. The minimum Gasteiger partial charge on any atom is -0.467 e. The van der Waals surface area contributed by atoms with Gasteiger partial charge in [0.1, 0.15) is 29.1 Å². The summed E-state index contributed by atoms with van der Waals surface area (Å²) >= 11 is 1.34. The van der Waals surface area contributed by atoms with Crippen molar-refractivity contribution >= 4 is 23.4 Å². The van der Waals surface area contributed by atoms with Crippen molar-refractivity contribution in [1.82, 2.24) is 5.01 Å². The molecule has 0 spiro atoms. The molecule has 26 heavy (non-hydrogen) atoms. The molecule has 0 saturated carbocycles. The number of benzene rings is 1. The number of hydrazone groups is 1. The maximum atomic E-state index is 13.0. The zero-order chi connectivity index (χ0) is 17.9. The molecule has 1 amide bonds. The Balaban J connectivity index is 1.52. The van der Waals surface area contributed by atoms with Gasteiger partial charge in [0, 0.05) is 11.3 Å². The molecule has 0 radical (unpaired) electrons. The van der Waals surface area contributed by atoms with Gasteiger partial charge in [-0.3, -0.25) is 4.79 Å². The molecule has 1 aliphatic heterocycles. The molecule has 0 N–H and O–H groups in total. The van der Waals surface area contributed by atoms with E-state index >= 15 is 0 Å². The molecule has 0 bridgehead atoms. The van der Waals surface area contributed by atoms with Gasteiger partial charge < -0.3 is 8.83 Å². The molecule has 5 nitrogen and oxygen atoms in total. The molecular formula is C19H15FN2O3S. The molecular weight excluding hydrogens is 355 g/mol. The van der Waals surface area contributed by atoms with Crippen molar-refractivity contribution in [3.63, 3.8) is 0 Å². The van der Waals surface area contributed by atoms with Crippen molar-refractivity contribution in [3.8, 4) is 0 Å². The summed E-state index contributed by atoms with van der Waals surface area (Å²) in [5.74, 6) is 1.06. The number of carbonyl (C=O) groups is 1. The molecule has 0 fully saturated rings. The lowest BCUT2D eigenvalue weighted by Crippen LogP contribution is -2.28. The van der Waals surface area contributed by atoms with E-state index in [2.05, 4.69) is 5.10 Å². The van der Waals surface area contributed by atoms with Gasteiger partial charge in [-0.25, -0.2) is 9.40 Å². The van der Waals surface area contributed by atoms with E-state index in [9.17, 15) is 9.18 Å². The summed E-state index contributed by atoms with van der Waals surface area (Å²) in [6.07, 6.45) is 3.68. The van der Waals surface area contributed by atoms with Crippen molar-refractivity contribution < 1.29 is 18.0 Å². The van der Waals surface area contributed by atoms with Crippen molar-refractivity contribution in [3.05, 3.63) is 78.4 Å². The number of carbonyl (C=O) groups excluding carboxylic acids is 1. The number of nitrogens with zero attached hydrogens (tertiary/aromatic N) is 2. The first-order chi connectivity index (χ1) is 12.7. The van der Waals surface area contributed by atoms with Crippen molar-refractivity contribution in [2.75, 3.05) is 5.75 Å². The lowest BCUT2D eigenvalue weighted by atomic mass is 10.1. The third-order valence-electron chi connectivity index (χ3n) is 4.02. The average Bonchev–Trinajstić information content (AvgIpc) is 3.41. The quantitative estimate of drug-likeness (QED) is 0.621. The van der Waals surface area contributed by atoms with Gasteiger partial charge in [0.2, 0.25) is 0 Å². The van der Waals surface area contributed by atoms with Crippen LogP contribution in [-0.4, -0.2) is 22.4 Å². The molecule has 2 aromatic heterocycles. The third-order valence-corrected chi connectivity index (χ3v) is 5.02. The van der Waals surface area contributed by atoms with Crippen molar-refractivity contribution in [1.29, 1.82) is 0 Å². The number of furan rings is 2. The van der Waals surface area contributed by atoms with Crippen LogP contribution >= 0.6 is 11.8 Å². The summed E-state index contributed by atoms with van der Waals surface area (Å²) < 4.78 is 23.9. The zero-order valence-corrected chi connectivity index (χ0v) is 14.5. The number of rotatable bonds is 5. The van der Waals surface area contributed by atoms with Crippen LogP contribution in [0.15, 0.2) is 79.9 Å². The first kappa shape index (κ1) is 16.7. The van der Waals surface area contributed by atoms with E-state index < -0.39 is 0 Å².